The fourth-order valence-corrected chi connectivity index (χ4v) is 5.00. The lowest BCUT2D eigenvalue weighted by Crippen LogP contribution is -2.51. The van der Waals surface area contributed by atoms with Crippen LogP contribution < -0.4 is 11.2 Å². The molecule has 0 saturated carbocycles. The molecule has 0 aliphatic carbocycles. The molecule has 0 radical (unpaired) electrons. The third-order valence-corrected chi connectivity index (χ3v) is 7.99. The zero-order valence-electron chi connectivity index (χ0n) is 19.9. The van der Waals surface area contributed by atoms with E-state index in [4.69, 9.17) is 20.1 Å². The number of aliphatic hydroxyl groups excluding tert-OH is 1. The van der Waals surface area contributed by atoms with E-state index in [1.807, 2.05) is 32.6 Å². The van der Waals surface area contributed by atoms with Gasteiger partial charge in [0, 0.05) is 38.3 Å². The highest BCUT2D eigenvalue weighted by Crippen LogP contribution is 2.37. The SMILES string of the molecule is CC1(C)OB(c2cc(C(N)=O)ccc2C(CN2CCN(C(=O)CO)CC2)S(=O)(=O)O)OC1(C)C. The van der Waals surface area contributed by atoms with Crippen LogP contribution in [0.1, 0.15) is 48.9 Å². The van der Waals surface area contributed by atoms with Crippen LogP contribution in [0.2, 0.25) is 0 Å². The van der Waals surface area contributed by atoms with Gasteiger partial charge in [0.2, 0.25) is 11.8 Å². The monoisotopic (exact) mass is 497 g/mol. The van der Waals surface area contributed by atoms with Gasteiger partial charge in [0.15, 0.2) is 0 Å². The molecule has 2 heterocycles. The van der Waals surface area contributed by atoms with Gasteiger partial charge in [-0.25, -0.2) is 0 Å². The summed E-state index contributed by atoms with van der Waals surface area (Å²) in [6.07, 6.45) is 0. The maximum absolute atomic E-state index is 12.5. The third kappa shape index (κ3) is 5.45. The molecule has 1 aromatic carbocycles. The Labute approximate surface area is 200 Å². The summed E-state index contributed by atoms with van der Waals surface area (Å²) >= 11 is 0. The zero-order valence-corrected chi connectivity index (χ0v) is 20.7. The number of nitrogens with two attached hydrogens (primary N) is 1. The van der Waals surface area contributed by atoms with Gasteiger partial charge in [0.1, 0.15) is 11.9 Å². The van der Waals surface area contributed by atoms with Crippen molar-refractivity contribution in [1.29, 1.82) is 0 Å². The maximum Gasteiger partial charge on any atom is 0.495 e. The summed E-state index contributed by atoms with van der Waals surface area (Å²) in [5.74, 6) is -1.09. The summed E-state index contributed by atoms with van der Waals surface area (Å²) in [7, 11) is -5.57. The van der Waals surface area contributed by atoms with Crippen molar-refractivity contribution in [3.8, 4) is 0 Å². The van der Waals surface area contributed by atoms with E-state index < -0.39 is 52.1 Å². The first-order chi connectivity index (χ1) is 15.7. The Kier molecular flexibility index (Phi) is 7.47. The van der Waals surface area contributed by atoms with Crippen LogP contribution in [0.4, 0.5) is 0 Å². The molecule has 2 fully saturated rings. The number of nitrogens with zero attached hydrogens (tertiary/aromatic N) is 2. The number of piperazine rings is 1. The third-order valence-electron chi connectivity index (χ3n) is 6.87. The molecule has 2 saturated heterocycles. The van der Waals surface area contributed by atoms with Crippen LogP contribution in [-0.2, 0) is 24.2 Å². The summed E-state index contributed by atoms with van der Waals surface area (Å²) in [6.45, 7) is 8.11. The van der Waals surface area contributed by atoms with E-state index in [1.165, 1.54) is 23.1 Å². The van der Waals surface area contributed by atoms with Crippen molar-refractivity contribution >= 4 is 34.5 Å². The van der Waals surface area contributed by atoms with Crippen molar-refractivity contribution in [2.24, 2.45) is 5.73 Å². The Morgan fingerprint density at radius 3 is 2.15 bits per heavy atom. The van der Waals surface area contributed by atoms with Gasteiger partial charge in [-0.3, -0.25) is 19.0 Å². The average molecular weight is 497 g/mol. The van der Waals surface area contributed by atoms with Gasteiger partial charge in [-0.2, -0.15) is 8.42 Å². The van der Waals surface area contributed by atoms with E-state index in [9.17, 15) is 22.6 Å². The summed E-state index contributed by atoms with van der Waals surface area (Å²) < 4.78 is 47.4. The van der Waals surface area contributed by atoms with Gasteiger partial charge in [0.25, 0.3) is 10.1 Å². The largest absolute Gasteiger partial charge is 0.495 e. The second-order valence-electron chi connectivity index (χ2n) is 9.64. The molecule has 1 unspecified atom stereocenters. The van der Waals surface area contributed by atoms with E-state index in [0.29, 0.717) is 31.6 Å². The van der Waals surface area contributed by atoms with Gasteiger partial charge in [-0.05, 0) is 50.9 Å². The van der Waals surface area contributed by atoms with Crippen LogP contribution in [0.15, 0.2) is 18.2 Å². The number of hydrogen-bond donors (Lipinski definition) is 3. The van der Waals surface area contributed by atoms with Crippen molar-refractivity contribution in [1.82, 2.24) is 9.80 Å². The van der Waals surface area contributed by atoms with Crippen LogP contribution >= 0.6 is 0 Å². The van der Waals surface area contributed by atoms with E-state index >= 15 is 0 Å². The molecule has 0 spiro atoms. The molecule has 0 bridgehead atoms. The predicted molar refractivity (Wildman–Crippen MR) is 125 cm³/mol. The lowest BCUT2D eigenvalue weighted by Gasteiger charge is -2.36. The molecule has 3 rings (SSSR count). The number of benzene rings is 1. The zero-order chi connectivity index (χ0) is 25.5. The quantitative estimate of drug-likeness (QED) is 0.322. The lowest BCUT2D eigenvalue weighted by molar-refractivity contribution is -0.135. The fraction of sp³-hybridized carbons (Fsp3) is 0.619. The minimum Gasteiger partial charge on any atom is -0.399 e. The summed E-state index contributed by atoms with van der Waals surface area (Å²) in [5.41, 5.74) is 4.69. The van der Waals surface area contributed by atoms with Crippen LogP contribution in [0.3, 0.4) is 0 Å². The Bertz CT molecular complexity index is 1040. The molecule has 188 valence electrons. The standard InChI is InChI=1S/C21H32BN3O8S/c1-20(2)21(3,4)33-22(32-20)16-11-14(19(23)28)5-6-15(16)17(34(29,30)31)12-24-7-9-25(10-8-24)18(27)13-26/h5-6,11,17,26H,7-10,12-13H2,1-4H3,(H2,23,28)(H,29,30,31). The molecule has 13 heteroatoms. The van der Waals surface area contributed by atoms with E-state index in [2.05, 4.69) is 0 Å². The molecule has 1 aromatic rings. The molecule has 11 nitrogen and oxygen atoms in total. The first-order valence-corrected chi connectivity index (χ1v) is 12.5. The number of aliphatic hydroxyl groups is 1. The molecule has 1 atom stereocenters. The summed E-state index contributed by atoms with van der Waals surface area (Å²) in [4.78, 5) is 26.9. The maximum atomic E-state index is 12.5. The Morgan fingerprint density at radius 2 is 1.68 bits per heavy atom. The van der Waals surface area contributed by atoms with Crippen molar-refractivity contribution in [2.75, 3.05) is 39.3 Å². The molecular formula is C21H32BN3O8S. The smallest absolute Gasteiger partial charge is 0.399 e. The second-order valence-corrected chi connectivity index (χ2v) is 11.2. The predicted octanol–water partition coefficient (Wildman–Crippen LogP) is -0.850. The van der Waals surface area contributed by atoms with Gasteiger partial charge < -0.3 is 25.0 Å². The van der Waals surface area contributed by atoms with Gasteiger partial charge in [-0.1, -0.05) is 6.07 Å². The highest BCUT2D eigenvalue weighted by atomic mass is 32.2. The van der Waals surface area contributed by atoms with Gasteiger partial charge in [0.05, 0.1) is 11.2 Å². The van der Waals surface area contributed by atoms with Gasteiger partial charge >= 0.3 is 7.12 Å². The number of hydrogen-bond acceptors (Lipinski definition) is 8. The van der Waals surface area contributed by atoms with Crippen LogP contribution in [0, 0.1) is 0 Å². The van der Waals surface area contributed by atoms with E-state index in [1.54, 1.807) is 0 Å². The van der Waals surface area contributed by atoms with Crippen LogP contribution in [0.5, 0.6) is 0 Å². The van der Waals surface area contributed by atoms with Crippen molar-refractivity contribution in [3.05, 3.63) is 29.3 Å². The molecule has 0 aromatic heterocycles. The Balaban J connectivity index is 1.96. The molecule has 2 aliphatic heterocycles. The number of primary amides is 1. The summed E-state index contributed by atoms with van der Waals surface area (Å²) in [5, 5.41) is 7.69. The minimum atomic E-state index is -4.58. The topological polar surface area (TPSA) is 160 Å². The molecule has 4 N–H and O–H groups in total. The number of carbonyl (C=O) groups excluding carboxylic acids is 2. The highest BCUT2D eigenvalue weighted by Gasteiger charge is 2.53. The first kappa shape index (κ1) is 26.6. The number of carbonyl (C=O) groups is 2. The lowest BCUT2D eigenvalue weighted by atomic mass is 9.74. The highest BCUT2D eigenvalue weighted by molar-refractivity contribution is 7.86. The normalized spacial score (nSPS) is 21.5. The van der Waals surface area contributed by atoms with Crippen molar-refractivity contribution in [2.45, 2.75) is 44.1 Å². The fourth-order valence-electron chi connectivity index (χ4n) is 4.06. The van der Waals surface area contributed by atoms with Crippen LogP contribution in [0.25, 0.3) is 0 Å². The Hall–Kier alpha value is -2.03. The van der Waals surface area contributed by atoms with Gasteiger partial charge in [-0.15, -0.1) is 0 Å². The summed E-state index contributed by atoms with van der Waals surface area (Å²) in [6, 6.07) is 4.29. The molecule has 34 heavy (non-hydrogen) atoms. The van der Waals surface area contributed by atoms with Crippen molar-refractivity contribution < 1.29 is 37.0 Å². The van der Waals surface area contributed by atoms with E-state index in [0.717, 1.165) is 0 Å². The second kappa shape index (κ2) is 9.55. The van der Waals surface area contributed by atoms with E-state index in [-0.39, 0.29) is 17.7 Å². The van der Waals surface area contributed by atoms with Crippen LogP contribution in [-0.4, -0.2) is 97.3 Å². The minimum absolute atomic E-state index is 0.0532. The average Bonchev–Trinajstić information content (AvgIpc) is 2.97. The first-order valence-electron chi connectivity index (χ1n) is 11.0. The van der Waals surface area contributed by atoms with Crippen molar-refractivity contribution in [3.63, 3.8) is 0 Å². The number of amides is 2. The Morgan fingerprint density at radius 1 is 1.12 bits per heavy atom. The molecule has 2 amide bonds. The molecule has 2 aliphatic rings. The number of rotatable bonds is 7. The molecular weight excluding hydrogens is 465 g/mol.